The molecule has 118 valence electrons. The van der Waals surface area contributed by atoms with Crippen LogP contribution in [-0.4, -0.2) is 69.6 Å². The van der Waals surface area contributed by atoms with Crippen LogP contribution in [0.4, 0.5) is 5.82 Å². The van der Waals surface area contributed by atoms with E-state index in [1.165, 1.54) is 6.33 Å². The molecule has 2 atom stereocenters. The molecule has 0 radical (unpaired) electrons. The van der Waals surface area contributed by atoms with Crippen LogP contribution in [0.5, 0.6) is 0 Å². The van der Waals surface area contributed by atoms with Crippen molar-refractivity contribution in [2.24, 2.45) is 0 Å². The van der Waals surface area contributed by atoms with Crippen molar-refractivity contribution in [3.63, 3.8) is 0 Å². The van der Waals surface area contributed by atoms with Gasteiger partial charge < -0.3 is 19.5 Å². The first-order chi connectivity index (χ1) is 10.5. The molecule has 1 aliphatic rings. The molecule has 8 nitrogen and oxygen atoms in total. The fourth-order valence-corrected chi connectivity index (χ4v) is 2.80. The number of hydrogen-bond acceptors (Lipinski definition) is 6. The molecule has 22 heavy (non-hydrogen) atoms. The van der Waals surface area contributed by atoms with Gasteiger partial charge in [0.05, 0.1) is 25.1 Å². The fraction of sp³-hybridized carbons (Fsp3) is 0.571. The number of fused-ring (bicyclic) bond motifs is 1. The number of likely N-dealkylation sites (N-methyl/N-ethyl adjacent to an activating group) is 1. The van der Waals surface area contributed by atoms with E-state index in [1.807, 2.05) is 30.7 Å². The molecule has 3 heterocycles. The van der Waals surface area contributed by atoms with Gasteiger partial charge in [-0.25, -0.2) is 15.0 Å². The molecule has 0 unspecified atom stereocenters. The highest BCUT2D eigenvalue weighted by atomic mass is 16.5. The number of hydrogen-bond donors (Lipinski definition) is 1. The summed E-state index contributed by atoms with van der Waals surface area (Å²) in [5.74, 6) is 0.737. The van der Waals surface area contributed by atoms with E-state index in [-0.39, 0.29) is 24.7 Å². The molecule has 0 spiro atoms. The van der Waals surface area contributed by atoms with Gasteiger partial charge >= 0.3 is 0 Å². The number of carbonyl (C=O) groups excluding carboxylic acids is 1. The van der Waals surface area contributed by atoms with Crippen LogP contribution in [0.1, 0.15) is 13.8 Å². The number of ether oxygens (including phenoxy) is 1. The third-order valence-electron chi connectivity index (χ3n) is 3.71. The van der Waals surface area contributed by atoms with Crippen LogP contribution in [0, 0.1) is 0 Å². The first-order valence-electron chi connectivity index (χ1n) is 7.33. The highest BCUT2D eigenvalue weighted by Gasteiger charge is 2.26. The van der Waals surface area contributed by atoms with E-state index in [2.05, 4.69) is 19.9 Å². The Labute approximate surface area is 128 Å². The number of aromatic nitrogens is 4. The molecule has 3 rings (SSSR count). The van der Waals surface area contributed by atoms with Crippen LogP contribution in [0.15, 0.2) is 12.7 Å². The van der Waals surface area contributed by atoms with Gasteiger partial charge in [-0.1, -0.05) is 0 Å². The minimum Gasteiger partial charge on any atom is -0.372 e. The van der Waals surface area contributed by atoms with Crippen LogP contribution in [-0.2, 0) is 9.53 Å². The minimum atomic E-state index is 0.0655. The van der Waals surface area contributed by atoms with Crippen LogP contribution < -0.4 is 4.90 Å². The Kier molecular flexibility index (Phi) is 3.93. The van der Waals surface area contributed by atoms with Gasteiger partial charge in [-0.15, -0.1) is 0 Å². The molecule has 1 aliphatic heterocycles. The number of imidazole rings is 1. The summed E-state index contributed by atoms with van der Waals surface area (Å²) < 4.78 is 5.66. The molecule has 8 heteroatoms. The standard InChI is InChI=1S/C14H20N6O2/c1-9-4-20(5-10(2)22-9)11(21)6-19(3)14-12-13(16-7-15-12)17-8-18-14/h7-10H,4-6H2,1-3H3,(H,15,16,17,18)/t9-,10+. The van der Waals surface area contributed by atoms with E-state index in [4.69, 9.17) is 4.74 Å². The zero-order valence-electron chi connectivity index (χ0n) is 13.0. The SMILES string of the molecule is C[C@@H]1CN(C(=O)CN(C)c2ncnc3nc[nH]c23)C[C@H](C)O1. The topological polar surface area (TPSA) is 87.2 Å². The van der Waals surface area contributed by atoms with E-state index in [9.17, 15) is 4.79 Å². The molecule has 2 aromatic heterocycles. The van der Waals surface area contributed by atoms with Crippen molar-refractivity contribution >= 4 is 22.9 Å². The van der Waals surface area contributed by atoms with E-state index in [1.54, 1.807) is 6.33 Å². The van der Waals surface area contributed by atoms with Gasteiger partial charge in [0.2, 0.25) is 5.91 Å². The Bertz CT molecular complexity index is 662. The maximum absolute atomic E-state index is 12.5. The van der Waals surface area contributed by atoms with Crippen molar-refractivity contribution in [2.75, 3.05) is 31.6 Å². The van der Waals surface area contributed by atoms with E-state index < -0.39 is 0 Å². The number of aromatic amines is 1. The predicted octanol–water partition coefficient (Wildman–Crippen LogP) is 0.425. The maximum Gasteiger partial charge on any atom is 0.242 e. The maximum atomic E-state index is 12.5. The molecule has 0 aliphatic carbocycles. The summed E-state index contributed by atoms with van der Waals surface area (Å²) in [7, 11) is 1.84. The second-order valence-corrected chi connectivity index (χ2v) is 5.71. The van der Waals surface area contributed by atoms with Gasteiger partial charge in [-0.05, 0) is 13.8 Å². The van der Waals surface area contributed by atoms with E-state index in [0.717, 1.165) is 5.52 Å². The van der Waals surface area contributed by atoms with Crippen LogP contribution in [0.3, 0.4) is 0 Å². The summed E-state index contributed by atoms with van der Waals surface area (Å²) in [6.07, 6.45) is 3.16. The lowest BCUT2D eigenvalue weighted by Gasteiger charge is -2.36. The number of anilines is 1. The molecule has 1 amide bonds. The predicted molar refractivity (Wildman–Crippen MR) is 81.5 cm³/mol. The molecule has 0 bridgehead atoms. The average molecular weight is 304 g/mol. The second-order valence-electron chi connectivity index (χ2n) is 5.71. The number of nitrogens with zero attached hydrogens (tertiary/aromatic N) is 5. The Morgan fingerprint density at radius 3 is 2.82 bits per heavy atom. The van der Waals surface area contributed by atoms with Gasteiger partial charge in [-0.3, -0.25) is 4.79 Å². The van der Waals surface area contributed by atoms with Gasteiger partial charge in [-0.2, -0.15) is 0 Å². The van der Waals surface area contributed by atoms with Gasteiger partial charge in [0.1, 0.15) is 11.8 Å². The van der Waals surface area contributed by atoms with Crippen molar-refractivity contribution in [1.82, 2.24) is 24.8 Å². The smallest absolute Gasteiger partial charge is 0.242 e. The zero-order valence-corrected chi connectivity index (χ0v) is 13.0. The third-order valence-corrected chi connectivity index (χ3v) is 3.71. The Morgan fingerprint density at radius 2 is 2.09 bits per heavy atom. The summed E-state index contributed by atoms with van der Waals surface area (Å²) in [5, 5.41) is 0. The molecule has 1 saturated heterocycles. The van der Waals surface area contributed by atoms with Gasteiger partial charge in [0.15, 0.2) is 11.5 Å². The summed E-state index contributed by atoms with van der Waals surface area (Å²) >= 11 is 0. The Balaban J connectivity index is 1.72. The quantitative estimate of drug-likeness (QED) is 0.884. The summed E-state index contributed by atoms with van der Waals surface area (Å²) in [5.41, 5.74) is 1.33. The molecule has 0 aromatic carbocycles. The number of morpholine rings is 1. The normalized spacial score (nSPS) is 22.0. The van der Waals surface area contributed by atoms with Crippen molar-refractivity contribution in [3.8, 4) is 0 Å². The van der Waals surface area contributed by atoms with E-state index in [0.29, 0.717) is 24.6 Å². The zero-order chi connectivity index (χ0) is 15.7. The summed E-state index contributed by atoms with van der Waals surface area (Å²) in [4.78, 5) is 31.6. The lowest BCUT2D eigenvalue weighted by Crippen LogP contribution is -2.50. The Morgan fingerprint density at radius 1 is 1.36 bits per heavy atom. The summed E-state index contributed by atoms with van der Waals surface area (Å²) in [6, 6.07) is 0. The molecule has 2 aromatic rings. The molecular formula is C14H20N6O2. The van der Waals surface area contributed by atoms with Crippen LogP contribution >= 0.6 is 0 Å². The highest BCUT2D eigenvalue weighted by molar-refractivity contribution is 5.87. The minimum absolute atomic E-state index is 0.0655. The number of rotatable bonds is 3. The number of H-pyrrole nitrogens is 1. The van der Waals surface area contributed by atoms with Gasteiger partial charge in [0, 0.05) is 20.1 Å². The second kappa shape index (κ2) is 5.88. The Hall–Kier alpha value is -2.22. The van der Waals surface area contributed by atoms with Crippen LogP contribution in [0.25, 0.3) is 11.2 Å². The highest BCUT2D eigenvalue weighted by Crippen LogP contribution is 2.18. The monoisotopic (exact) mass is 304 g/mol. The average Bonchev–Trinajstić information content (AvgIpc) is 2.94. The lowest BCUT2D eigenvalue weighted by molar-refractivity contribution is -0.141. The number of nitrogens with one attached hydrogen (secondary N) is 1. The molecule has 1 N–H and O–H groups in total. The first kappa shape index (κ1) is 14.7. The molecule has 0 saturated carbocycles. The lowest BCUT2D eigenvalue weighted by atomic mass is 10.2. The number of amides is 1. The van der Waals surface area contributed by atoms with Crippen molar-refractivity contribution < 1.29 is 9.53 Å². The third kappa shape index (κ3) is 2.87. The molecular weight excluding hydrogens is 284 g/mol. The number of carbonyl (C=O) groups is 1. The van der Waals surface area contributed by atoms with Crippen LogP contribution in [0.2, 0.25) is 0 Å². The van der Waals surface area contributed by atoms with Crippen molar-refractivity contribution in [2.45, 2.75) is 26.1 Å². The fourth-order valence-electron chi connectivity index (χ4n) is 2.80. The largest absolute Gasteiger partial charge is 0.372 e. The van der Waals surface area contributed by atoms with E-state index >= 15 is 0 Å². The summed E-state index contributed by atoms with van der Waals surface area (Å²) in [6.45, 7) is 5.47. The first-order valence-corrected chi connectivity index (χ1v) is 7.33. The van der Waals surface area contributed by atoms with Gasteiger partial charge in [0.25, 0.3) is 0 Å². The van der Waals surface area contributed by atoms with Crippen molar-refractivity contribution in [3.05, 3.63) is 12.7 Å². The van der Waals surface area contributed by atoms with Crippen molar-refractivity contribution in [1.29, 1.82) is 0 Å². The molecule has 1 fully saturated rings.